The molecule has 2 rings (SSSR count). The summed E-state index contributed by atoms with van der Waals surface area (Å²) in [6.45, 7) is 1.47. The second-order valence-electron chi connectivity index (χ2n) is 4.78. The average molecular weight is 298 g/mol. The van der Waals surface area contributed by atoms with Crippen LogP contribution in [-0.4, -0.2) is 26.0 Å². The number of hydrogen-bond acceptors (Lipinski definition) is 3. The first-order valence-electron chi connectivity index (χ1n) is 6.81. The van der Waals surface area contributed by atoms with Crippen LogP contribution in [0.15, 0.2) is 48.5 Å². The molecule has 0 fully saturated rings. The Morgan fingerprint density at radius 2 is 1.82 bits per heavy atom. The third kappa shape index (κ3) is 3.44. The molecule has 0 saturated carbocycles. The summed E-state index contributed by atoms with van der Waals surface area (Å²) in [4.78, 5) is 25.4. The topological polar surface area (TPSA) is 58.6 Å². The summed E-state index contributed by atoms with van der Waals surface area (Å²) in [6.07, 6.45) is 0. The fraction of sp³-hybridized carbons (Fsp3) is 0.176. The van der Waals surface area contributed by atoms with E-state index in [0.717, 1.165) is 0 Å². The normalized spacial score (nSPS) is 9.95. The van der Waals surface area contributed by atoms with Gasteiger partial charge in [-0.1, -0.05) is 18.2 Å². The van der Waals surface area contributed by atoms with E-state index >= 15 is 0 Å². The Morgan fingerprint density at radius 1 is 1.09 bits per heavy atom. The molecule has 5 nitrogen and oxygen atoms in total. The van der Waals surface area contributed by atoms with Gasteiger partial charge in [-0.15, -0.1) is 0 Å². The lowest BCUT2D eigenvalue weighted by Gasteiger charge is -2.19. The highest BCUT2D eigenvalue weighted by Gasteiger charge is 2.13. The molecule has 0 unspecified atom stereocenters. The largest absolute Gasteiger partial charge is 0.497 e. The number of carbonyl (C=O) groups excluding carboxylic acids is 2. The summed E-state index contributed by atoms with van der Waals surface area (Å²) in [6, 6.07) is 14.0. The van der Waals surface area contributed by atoms with Gasteiger partial charge in [0.05, 0.1) is 18.5 Å². The molecule has 1 N–H and O–H groups in total. The summed E-state index contributed by atoms with van der Waals surface area (Å²) >= 11 is 0. The number of rotatable bonds is 4. The molecule has 2 aromatic carbocycles. The van der Waals surface area contributed by atoms with Crippen molar-refractivity contribution in [3.63, 3.8) is 0 Å². The van der Waals surface area contributed by atoms with Crippen LogP contribution < -0.4 is 15.0 Å². The quantitative estimate of drug-likeness (QED) is 0.944. The van der Waals surface area contributed by atoms with Crippen molar-refractivity contribution in [3.05, 3.63) is 54.1 Å². The van der Waals surface area contributed by atoms with Crippen LogP contribution in [0.5, 0.6) is 5.75 Å². The molecule has 0 aliphatic carbocycles. The van der Waals surface area contributed by atoms with Gasteiger partial charge in [0.2, 0.25) is 5.91 Å². The SMILES string of the molecule is COc1cccc(C(=O)Nc2ccccc2N(C)C(C)=O)c1. The Balaban J connectivity index is 2.27. The maximum Gasteiger partial charge on any atom is 0.255 e. The number of anilines is 2. The van der Waals surface area contributed by atoms with E-state index in [4.69, 9.17) is 4.74 Å². The van der Waals surface area contributed by atoms with Gasteiger partial charge < -0.3 is 15.0 Å². The van der Waals surface area contributed by atoms with E-state index in [1.54, 1.807) is 56.6 Å². The number of nitrogens with one attached hydrogen (secondary N) is 1. The van der Waals surface area contributed by atoms with Crippen molar-refractivity contribution < 1.29 is 14.3 Å². The molecule has 2 amide bonds. The summed E-state index contributed by atoms with van der Waals surface area (Å²) in [5.74, 6) is 0.244. The van der Waals surface area contributed by atoms with Gasteiger partial charge in [-0.2, -0.15) is 0 Å². The molecule has 114 valence electrons. The van der Waals surface area contributed by atoms with Gasteiger partial charge in [0.1, 0.15) is 5.75 Å². The highest BCUT2D eigenvalue weighted by molar-refractivity contribution is 6.07. The van der Waals surface area contributed by atoms with Crippen molar-refractivity contribution in [2.24, 2.45) is 0 Å². The number of methoxy groups -OCH3 is 1. The van der Waals surface area contributed by atoms with Crippen LogP contribution in [0.4, 0.5) is 11.4 Å². The van der Waals surface area contributed by atoms with Crippen LogP contribution in [0.25, 0.3) is 0 Å². The zero-order valence-corrected chi connectivity index (χ0v) is 12.8. The monoisotopic (exact) mass is 298 g/mol. The molecule has 5 heteroatoms. The number of para-hydroxylation sites is 2. The standard InChI is InChI=1S/C17H18N2O3/c1-12(20)19(2)16-10-5-4-9-15(16)18-17(21)13-7-6-8-14(11-13)22-3/h4-11H,1-3H3,(H,18,21). The fourth-order valence-electron chi connectivity index (χ4n) is 2.00. The molecule has 0 bridgehead atoms. The minimum absolute atomic E-state index is 0.108. The van der Waals surface area contributed by atoms with E-state index in [1.807, 2.05) is 6.07 Å². The van der Waals surface area contributed by atoms with Crippen LogP contribution >= 0.6 is 0 Å². The molecule has 0 heterocycles. The molecular weight excluding hydrogens is 280 g/mol. The zero-order valence-electron chi connectivity index (χ0n) is 12.8. The summed E-state index contributed by atoms with van der Waals surface area (Å²) < 4.78 is 5.12. The van der Waals surface area contributed by atoms with Crippen molar-refractivity contribution in [2.75, 3.05) is 24.4 Å². The van der Waals surface area contributed by atoms with Gasteiger partial charge in [-0.3, -0.25) is 9.59 Å². The van der Waals surface area contributed by atoms with Crippen molar-refractivity contribution in [2.45, 2.75) is 6.92 Å². The van der Waals surface area contributed by atoms with Crippen molar-refractivity contribution >= 4 is 23.2 Å². The molecule has 0 radical (unpaired) electrons. The highest BCUT2D eigenvalue weighted by Crippen LogP contribution is 2.25. The third-order valence-corrected chi connectivity index (χ3v) is 3.32. The smallest absolute Gasteiger partial charge is 0.255 e. The van der Waals surface area contributed by atoms with E-state index in [2.05, 4.69) is 5.32 Å². The molecular formula is C17H18N2O3. The molecule has 0 aromatic heterocycles. The van der Waals surface area contributed by atoms with Crippen LogP contribution in [0.1, 0.15) is 17.3 Å². The van der Waals surface area contributed by atoms with Crippen LogP contribution in [0.3, 0.4) is 0 Å². The minimum Gasteiger partial charge on any atom is -0.497 e. The van der Waals surface area contributed by atoms with Crippen molar-refractivity contribution in [3.8, 4) is 5.75 Å². The van der Waals surface area contributed by atoms with Crippen LogP contribution in [0.2, 0.25) is 0 Å². The number of ether oxygens (including phenoxy) is 1. The molecule has 0 saturated heterocycles. The predicted molar refractivity (Wildman–Crippen MR) is 86.5 cm³/mol. The first kappa shape index (κ1) is 15.6. The number of amides is 2. The third-order valence-electron chi connectivity index (χ3n) is 3.32. The molecule has 0 aliphatic heterocycles. The zero-order chi connectivity index (χ0) is 16.1. The van der Waals surface area contributed by atoms with E-state index in [-0.39, 0.29) is 11.8 Å². The number of hydrogen-bond donors (Lipinski definition) is 1. The second-order valence-corrected chi connectivity index (χ2v) is 4.78. The van der Waals surface area contributed by atoms with Gasteiger partial charge in [0.25, 0.3) is 5.91 Å². The van der Waals surface area contributed by atoms with Crippen molar-refractivity contribution in [1.29, 1.82) is 0 Å². The Morgan fingerprint density at radius 3 is 2.50 bits per heavy atom. The van der Waals surface area contributed by atoms with Gasteiger partial charge in [0.15, 0.2) is 0 Å². The lowest BCUT2D eigenvalue weighted by molar-refractivity contribution is -0.116. The number of benzene rings is 2. The first-order valence-corrected chi connectivity index (χ1v) is 6.81. The van der Waals surface area contributed by atoms with E-state index in [9.17, 15) is 9.59 Å². The predicted octanol–water partition coefficient (Wildman–Crippen LogP) is 2.93. The molecule has 2 aromatic rings. The van der Waals surface area contributed by atoms with Gasteiger partial charge in [0, 0.05) is 19.5 Å². The lowest BCUT2D eigenvalue weighted by Crippen LogP contribution is -2.24. The Kier molecular flexibility index (Phi) is 4.78. The maximum absolute atomic E-state index is 12.4. The Bertz CT molecular complexity index is 698. The summed E-state index contributed by atoms with van der Waals surface area (Å²) in [5, 5.41) is 2.83. The maximum atomic E-state index is 12.4. The minimum atomic E-state index is -0.261. The van der Waals surface area contributed by atoms with E-state index in [1.165, 1.54) is 11.8 Å². The fourth-order valence-corrected chi connectivity index (χ4v) is 2.00. The first-order chi connectivity index (χ1) is 10.5. The van der Waals surface area contributed by atoms with Gasteiger partial charge in [-0.25, -0.2) is 0 Å². The summed E-state index contributed by atoms with van der Waals surface area (Å²) in [7, 11) is 3.22. The summed E-state index contributed by atoms with van der Waals surface area (Å²) in [5.41, 5.74) is 1.71. The van der Waals surface area contributed by atoms with Gasteiger partial charge in [-0.05, 0) is 30.3 Å². The molecule has 0 spiro atoms. The van der Waals surface area contributed by atoms with Crippen LogP contribution in [-0.2, 0) is 4.79 Å². The number of nitrogens with zero attached hydrogens (tertiary/aromatic N) is 1. The second kappa shape index (κ2) is 6.76. The van der Waals surface area contributed by atoms with Crippen molar-refractivity contribution in [1.82, 2.24) is 0 Å². The Labute approximate surface area is 129 Å². The highest BCUT2D eigenvalue weighted by atomic mass is 16.5. The molecule has 22 heavy (non-hydrogen) atoms. The van der Waals surface area contributed by atoms with Crippen LogP contribution in [0, 0.1) is 0 Å². The van der Waals surface area contributed by atoms with E-state index in [0.29, 0.717) is 22.7 Å². The van der Waals surface area contributed by atoms with Gasteiger partial charge >= 0.3 is 0 Å². The Hall–Kier alpha value is -2.82. The molecule has 0 aliphatic rings. The van der Waals surface area contributed by atoms with E-state index < -0.39 is 0 Å². The molecule has 0 atom stereocenters. The number of carbonyl (C=O) groups is 2. The lowest BCUT2D eigenvalue weighted by atomic mass is 10.2. The average Bonchev–Trinajstić information content (AvgIpc) is 2.54.